The molecular weight excluding hydrogens is 292 g/mol. The molecule has 7 heteroatoms. The van der Waals surface area contributed by atoms with Gasteiger partial charge in [0.15, 0.2) is 0 Å². The molecule has 2 aliphatic rings. The van der Waals surface area contributed by atoms with Crippen molar-refractivity contribution >= 4 is 5.95 Å². The highest BCUT2D eigenvalue weighted by Gasteiger charge is 2.42. The van der Waals surface area contributed by atoms with Crippen LogP contribution in [0.15, 0.2) is 30.7 Å². The first kappa shape index (κ1) is 14.6. The molecule has 0 aromatic carbocycles. The Morgan fingerprint density at radius 1 is 1.26 bits per heavy atom. The van der Waals surface area contributed by atoms with Crippen LogP contribution in [0.4, 0.5) is 5.95 Å². The fraction of sp³-hybridized carbons (Fsp3) is 0.562. The normalized spacial score (nSPS) is 24.1. The molecule has 0 amide bonds. The molecule has 2 aromatic rings. The molecule has 1 atom stereocenters. The summed E-state index contributed by atoms with van der Waals surface area (Å²) in [6, 6.07) is 4.17. The number of hydrogen-bond acceptors (Lipinski definition) is 6. The molecule has 7 nitrogen and oxygen atoms in total. The molecule has 2 aromatic heterocycles. The van der Waals surface area contributed by atoms with Crippen molar-refractivity contribution in [1.82, 2.24) is 25.1 Å². The van der Waals surface area contributed by atoms with Crippen molar-refractivity contribution in [3.63, 3.8) is 0 Å². The second-order valence-electron chi connectivity index (χ2n) is 6.47. The van der Waals surface area contributed by atoms with Gasteiger partial charge < -0.3 is 10.1 Å². The Bertz CT molecular complexity index is 609. The van der Waals surface area contributed by atoms with E-state index in [1.165, 1.54) is 5.69 Å². The van der Waals surface area contributed by atoms with Gasteiger partial charge in [-0.3, -0.25) is 10.00 Å². The highest BCUT2D eigenvalue weighted by molar-refractivity contribution is 5.25. The van der Waals surface area contributed by atoms with E-state index in [1.807, 2.05) is 18.3 Å². The summed E-state index contributed by atoms with van der Waals surface area (Å²) in [4.78, 5) is 10.9. The van der Waals surface area contributed by atoms with Crippen LogP contribution in [0.5, 0.6) is 0 Å². The molecule has 23 heavy (non-hydrogen) atoms. The second-order valence-corrected chi connectivity index (χ2v) is 6.47. The van der Waals surface area contributed by atoms with E-state index < -0.39 is 0 Å². The van der Waals surface area contributed by atoms with Crippen molar-refractivity contribution in [2.24, 2.45) is 0 Å². The molecule has 4 heterocycles. The largest absolute Gasteiger partial charge is 0.373 e. The van der Waals surface area contributed by atoms with Gasteiger partial charge in [0.2, 0.25) is 5.95 Å². The smallest absolute Gasteiger partial charge is 0.222 e. The minimum atomic E-state index is 0.0247. The van der Waals surface area contributed by atoms with Gasteiger partial charge in [0.05, 0.1) is 18.2 Å². The number of aromatic amines is 1. The van der Waals surface area contributed by atoms with E-state index in [9.17, 15) is 0 Å². The number of nitrogens with zero attached hydrogens (tertiary/aromatic N) is 4. The maximum absolute atomic E-state index is 6.18. The molecule has 0 radical (unpaired) electrons. The molecular formula is C16H22N6O. The van der Waals surface area contributed by atoms with E-state index in [2.05, 4.69) is 30.4 Å². The highest BCUT2D eigenvalue weighted by Crippen LogP contribution is 2.36. The molecule has 0 aliphatic carbocycles. The number of anilines is 1. The lowest BCUT2D eigenvalue weighted by Crippen LogP contribution is -2.44. The van der Waals surface area contributed by atoms with Crippen molar-refractivity contribution in [3.8, 4) is 0 Å². The number of hydrogen-bond donors (Lipinski definition) is 2. The predicted molar refractivity (Wildman–Crippen MR) is 85.8 cm³/mol. The van der Waals surface area contributed by atoms with Gasteiger partial charge in [-0.15, -0.1) is 0 Å². The summed E-state index contributed by atoms with van der Waals surface area (Å²) in [5.74, 6) is 0.690. The third kappa shape index (κ3) is 3.35. The number of nitrogens with one attached hydrogen (secondary N) is 2. The van der Waals surface area contributed by atoms with E-state index in [-0.39, 0.29) is 5.60 Å². The number of ether oxygens (including phenoxy) is 1. The molecule has 2 aliphatic heterocycles. The van der Waals surface area contributed by atoms with Gasteiger partial charge in [0.25, 0.3) is 0 Å². The summed E-state index contributed by atoms with van der Waals surface area (Å²) >= 11 is 0. The predicted octanol–water partition coefficient (Wildman–Crippen LogP) is 1.44. The van der Waals surface area contributed by atoms with Crippen LogP contribution in [0, 0.1) is 0 Å². The van der Waals surface area contributed by atoms with Crippen molar-refractivity contribution < 1.29 is 4.74 Å². The SMILES string of the molecule is c1cnc(NC2COC3(CCN(Cc4ccn[nH]4)CC3)C2)nc1. The van der Waals surface area contributed by atoms with Crippen LogP contribution in [0.25, 0.3) is 0 Å². The van der Waals surface area contributed by atoms with E-state index in [0.717, 1.165) is 45.5 Å². The van der Waals surface area contributed by atoms with Crippen molar-refractivity contribution in [2.45, 2.75) is 37.5 Å². The third-order valence-electron chi connectivity index (χ3n) is 4.83. The average molecular weight is 314 g/mol. The van der Waals surface area contributed by atoms with Crippen LogP contribution < -0.4 is 5.32 Å². The van der Waals surface area contributed by atoms with Gasteiger partial charge in [-0.05, 0) is 31.4 Å². The lowest BCUT2D eigenvalue weighted by molar-refractivity contribution is -0.0449. The van der Waals surface area contributed by atoms with Crippen LogP contribution in [0.2, 0.25) is 0 Å². The first-order valence-electron chi connectivity index (χ1n) is 8.19. The van der Waals surface area contributed by atoms with E-state index in [1.54, 1.807) is 12.4 Å². The van der Waals surface area contributed by atoms with Crippen LogP contribution in [0.1, 0.15) is 25.0 Å². The molecule has 1 unspecified atom stereocenters. The zero-order valence-electron chi connectivity index (χ0n) is 13.1. The minimum Gasteiger partial charge on any atom is -0.373 e. The zero-order chi connectivity index (χ0) is 15.5. The topological polar surface area (TPSA) is 79.0 Å². The molecule has 2 saturated heterocycles. The van der Waals surface area contributed by atoms with Crippen molar-refractivity contribution in [3.05, 3.63) is 36.4 Å². The first-order valence-corrected chi connectivity index (χ1v) is 8.19. The Kier molecular flexibility index (Phi) is 3.97. The number of H-pyrrole nitrogens is 1. The average Bonchev–Trinajstić information content (AvgIpc) is 3.22. The van der Waals surface area contributed by atoms with Gasteiger partial charge in [0.1, 0.15) is 0 Å². The Hall–Kier alpha value is -1.99. The Morgan fingerprint density at radius 3 is 2.83 bits per heavy atom. The first-order chi connectivity index (χ1) is 11.3. The molecule has 2 N–H and O–H groups in total. The maximum Gasteiger partial charge on any atom is 0.222 e. The Balaban J connectivity index is 1.29. The van der Waals surface area contributed by atoms with E-state index in [0.29, 0.717) is 12.0 Å². The van der Waals surface area contributed by atoms with Crippen LogP contribution >= 0.6 is 0 Å². The summed E-state index contributed by atoms with van der Waals surface area (Å²) in [6.45, 7) is 3.80. The molecule has 2 fully saturated rings. The molecule has 0 bridgehead atoms. The van der Waals surface area contributed by atoms with Crippen LogP contribution in [-0.2, 0) is 11.3 Å². The van der Waals surface area contributed by atoms with Crippen LogP contribution in [-0.4, -0.2) is 56.4 Å². The second kappa shape index (κ2) is 6.25. The lowest BCUT2D eigenvalue weighted by Gasteiger charge is -2.38. The number of piperidine rings is 1. The van der Waals surface area contributed by atoms with Gasteiger partial charge in [-0.1, -0.05) is 0 Å². The monoisotopic (exact) mass is 314 g/mol. The maximum atomic E-state index is 6.18. The van der Waals surface area contributed by atoms with Gasteiger partial charge >= 0.3 is 0 Å². The summed E-state index contributed by atoms with van der Waals surface area (Å²) in [7, 11) is 0. The number of aromatic nitrogens is 4. The summed E-state index contributed by atoms with van der Waals surface area (Å²) in [5.41, 5.74) is 1.20. The molecule has 122 valence electrons. The Morgan fingerprint density at radius 2 is 2.09 bits per heavy atom. The lowest BCUT2D eigenvalue weighted by atomic mass is 9.87. The van der Waals surface area contributed by atoms with Crippen molar-refractivity contribution in [2.75, 3.05) is 25.0 Å². The third-order valence-corrected chi connectivity index (χ3v) is 4.83. The van der Waals surface area contributed by atoms with Gasteiger partial charge in [-0.25, -0.2) is 9.97 Å². The summed E-state index contributed by atoms with van der Waals surface area (Å²) < 4.78 is 6.18. The van der Waals surface area contributed by atoms with E-state index >= 15 is 0 Å². The molecule has 4 rings (SSSR count). The summed E-state index contributed by atoms with van der Waals surface area (Å²) in [6.07, 6.45) is 8.51. The fourth-order valence-corrected chi connectivity index (χ4v) is 3.57. The van der Waals surface area contributed by atoms with Gasteiger partial charge in [-0.2, -0.15) is 5.10 Å². The van der Waals surface area contributed by atoms with Crippen molar-refractivity contribution in [1.29, 1.82) is 0 Å². The standard InChI is InChI=1S/C16H22N6O/c1-5-17-15(18-6-1)20-14-10-16(23-12-14)3-8-22(9-4-16)11-13-2-7-19-21-13/h1-2,5-7,14H,3-4,8-12H2,(H,19,21)(H,17,18,20). The van der Waals surface area contributed by atoms with E-state index in [4.69, 9.17) is 4.74 Å². The summed E-state index contributed by atoms with van der Waals surface area (Å²) in [5, 5.41) is 10.4. The molecule has 1 spiro atoms. The highest BCUT2D eigenvalue weighted by atomic mass is 16.5. The Labute approximate surface area is 135 Å². The minimum absolute atomic E-state index is 0.0247. The zero-order valence-corrected chi connectivity index (χ0v) is 13.1. The quantitative estimate of drug-likeness (QED) is 0.889. The van der Waals surface area contributed by atoms with Crippen LogP contribution in [0.3, 0.4) is 0 Å². The fourth-order valence-electron chi connectivity index (χ4n) is 3.57. The number of likely N-dealkylation sites (tertiary alicyclic amines) is 1. The molecule has 0 saturated carbocycles. The number of rotatable bonds is 4. The van der Waals surface area contributed by atoms with Gasteiger partial charge in [0, 0.05) is 43.9 Å².